The van der Waals surface area contributed by atoms with E-state index in [1.54, 1.807) is 4.57 Å². The maximum absolute atomic E-state index is 11.6. The average Bonchev–Trinajstić information content (AvgIpc) is 2.67. The van der Waals surface area contributed by atoms with Crippen LogP contribution in [0.1, 0.15) is 13.3 Å². The summed E-state index contributed by atoms with van der Waals surface area (Å²) >= 11 is 4.78. The molecule has 0 fully saturated rings. The van der Waals surface area contributed by atoms with E-state index >= 15 is 0 Å². The SMILES string of the molecule is CCCn1c(Sc2cc(Br)ccc2N)n[nH]c1=O. The minimum Gasteiger partial charge on any atom is -0.398 e. The Hall–Kier alpha value is -1.21. The molecule has 0 saturated heterocycles. The first-order chi connectivity index (χ1) is 8.61. The number of hydrogen-bond donors (Lipinski definition) is 2. The molecule has 2 aromatic rings. The lowest BCUT2D eigenvalue weighted by molar-refractivity contribution is 0.604. The van der Waals surface area contributed by atoms with Gasteiger partial charge < -0.3 is 5.73 Å². The molecular weight excluding hydrogens is 316 g/mol. The van der Waals surface area contributed by atoms with Crippen molar-refractivity contribution in [1.29, 1.82) is 0 Å². The third-order valence-corrected chi connectivity index (χ3v) is 3.91. The molecule has 0 aliphatic heterocycles. The summed E-state index contributed by atoms with van der Waals surface area (Å²) in [5.74, 6) is 0. The number of nitrogen functional groups attached to an aromatic ring is 1. The number of nitrogens with one attached hydrogen (secondary N) is 1. The van der Waals surface area contributed by atoms with Crippen molar-refractivity contribution >= 4 is 33.4 Å². The summed E-state index contributed by atoms with van der Waals surface area (Å²) < 4.78 is 2.56. The van der Waals surface area contributed by atoms with Crippen LogP contribution in [0.15, 0.2) is 37.5 Å². The van der Waals surface area contributed by atoms with Gasteiger partial charge in [-0.15, -0.1) is 5.10 Å². The highest BCUT2D eigenvalue weighted by Gasteiger charge is 2.11. The molecule has 3 N–H and O–H groups in total. The number of aromatic nitrogens is 3. The van der Waals surface area contributed by atoms with Crippen molar-refractivity contribution in [2.24, 2.45) is 0 Å². The number of nitrogens with two attached hydrogens (primary N) is 1. The minimum atomic E-state index is -0.187. The van der Waals surface area contributed by atoms with Gasteiger partial charge in [-0.1, -0.05) is 22.9 Å². The fourth-order valence-electron chi connectivity index (χ4n) is 1.50. The normalized spacial score (nSPS) is 10.8. The highest BCUT2D eigenvalue weighted by atomic mass is 79.9. The summed E-state index contributed by atoms with van der Waals surface area (Å²) in [5.41, 5.74) is 6.38. The number of anilines is 1. The number of hydrogen-bond acceptors (Lipinski definition) is 4. The molecule has 0 unspecified atom stereocenters. The standard InChI is InChI=1S/C11H13BrN4OS/c1-2-5-16-10(17)14-15-11(16)18-9-6-7(12)3-4-8(9)13/h3-4,6H,2,5,13H2,1H3,(H,14,17). The maximum atomic E-state index is 11.6. The lowest BCUT2D eigenvalue weighted by Crippen LogP contribution is -2.17. The number of H-pyrrole nitrogens is 1. The smallest absolute Gasteiger partial charge is 0.343 e. The molecule has 5 nitrogen and oxygen atoms in total. The Bertz CT molecular complexity index is 607. The molecule has 0 bridgehead atoms. The van der Waals surface area contributed by atoms with E-state index in [9.17, 15) is 4.79 Å². The van der Waals surface area contributed by atoms with Crippen molar-refractivity contribution in [3.8, 4) is 0 Å². The average molecular weight is 329 g/mol. The van der Waals surface area contributed by atoms with E-state index in [-0.39, 0.29) is 5.69 Å². The van der Waals surface area contributed by atoms with Crippen molar-refractivity contribution in [3.05, 3.63) is 33.2 Å². The van der Waals surface area contributed by atoms with E-state index in [4.69, 9.17) is 5.73 Å². The van der Waals surface area contributed by atoms with Crippen LogP contribution in [0.25, 0.3) is 0 Å². The summed E-state index contributed by atoms with van der Waals surface area (Å²) in [7, 11) is 0. The van der Waals surface area contributed by atoms with Gasteiger partial charge in [0.1, 0.15) is 0 Å². The Balaban J connectivity index is 2.34. The van der Waals surface area contributed by atoms with E-state index in [0.717, 1.165) is 15.8 Å². The first-order valence-electron chi connectivity index (χ1n) is 5.50. The topological polar surface area (TPSA) is 76.7 Å². The molecule has 0 amide bonds. The summed E-state index contributed by atoms with van der Waals surface area (Å²) in [5, 5.41) is 7.11. The Kier molecular flexibility index (Phi) is 4.13. The van der Waals surface area contributed by atoms with Crippen molar-refractivity contribution in [2.45, 2.75) is 29.9 Å². The minimum absolute atomic E-state index is 0.187. The molecule has 0 saturated carbocycles. The molecule has 0 spiro atoms. The van der Waals surface area contributed by atoms with Crippen LogP contribution in [-0.2, 0) is 6.54 Å². The fraction of sp³-hybridized carbons (Fsp3) is 0.273. The summed E-state index contributed by atoms with van der Waals surface area (Å²) in [4.78, 5) is 12.4. The molecule has 1 heterocycles. The van der Waals surface area contributed by atoms with Gasteiger partial charge in [-0.2, -0.15) is 0 Å². The van der Waals surface area contributed by atoms with Crippen LogP contribution in [0.5, 0.6) is 0 Å². The Morgan fingerprint density at radius 1 is 1.56 bits per heavy atom. The Morgan fingerprint density at radius 2 is 2.33 bits per heavy atom. The predicted molar refractivity (Wildman–Crippen MR) is 75.8 cm³/mol. The van der Waals surface area contributed by atoms with Gasteiger partial charge >= 0.3 is 5.69 Å². The van der Waals surface area contributed by atoms with Crippen LogP contribution in [0.2, 0.25) is 0 Å². The van der Waals surface area contributed by atoms with Gasteiger partial charge in [-0.3, -0.25) is 4.57 Å². The molecule has 1 aromatic carbocycles. The monoisotopic (exact) mass is 328 g/mol. The zero-order chi connectivity index (χ0) is 13.1. The van der Waals surface area contributed by atoms with Crippen molar-refractivity contribution < 1.29 is 0 Å². The predicted octanol–water partition coefficient (Wildman–Crippen LogP) is 2.48. The molecule has 0 aliphatic carbocycles. The van der Waals surface area contributed by atoms with E-state index in [0.29, 0.717) is 17.4 Å². The van der Waals surface area contributed by atoms with Gasteiger partial charge in [0.05, 0.1) is 0 Å². The number of halogens is 1. The van der Waals surface area contributed by atoms with E-state index in [1.807, 2.05) is 25.1 Å². The second-order valence-corrected chi connectivity index (χ2v) is 5.67. The summed E-state index contributed by atoms with van der Waals surface area (Å²) in [6.07, 6.45) is 0.876. The summed E-state index contributed by atoms with van der Waals surface area (Å²) in [6.45, 7) is 2.66. The second kappa shape index (κ2) is 5.62. The fourth-order valence-corrected chi connectivity index (χ4v) is 2.95. The lowest BCUT2D eigenvalue weighted by Gasteiger charge is -2.06. The van der Waals surface area contributed by atoms with Crippen LogP contribution in [0, 0.1) is 0 Å². The quantitative estimate of drug-likeness (QED) is 0.845. The van der Waals surface area contributed by atoms with E-state index < -0.39 is 0 Å². The number of aromatic amines is 1. The first kappa shape index (κ1) is 13.2. The summed E-state index contributed by atoms with van der Waals surface area (Å²) in [6, 6.07) is 5.61. The molecule has 96 valence electrons. The highest BCUT2D eigenvalue weighted by Crippen LogP contribution is 2.32. The number of nitrogens with zero attached hydrogens (tertiary/aromatic N) is 2. The van der Waals surface area contributed by atoms with Crippen molar-refractivity contribution in [1.82, 2.24) is 14.8 Å². The largest absolute Gasteiger partial charge is 0.398 e. The van der Waals surface area contributed by atoms with Crippen molar-refractivity contribution in [3.63, 3.8) is 0 Å². The second-order valence-electron chi connectivity index (χ2n) is 3.75. The molecule has 7 heteroatoms. The van der Waals surface area contributed by atoms with Crippen LogP contribution >= 0.6 is 27.7 Å². The zero-order valence-electron chi connectivity index (χ0n) is 9.81. The molecular formula is C11H13BrN4OS. The lowest BCUT2D eigenvalue weighted by atomic mass is 10.3. The maximum Gasteiger partial charge on any atom is 0.343 e. The van der Waals surface area contributed by atoms with E-state index in [2.05, 4.69) is 26.1 Å². The Morgan fingerprint density at radius 3 is 3.06 bits per heavy atom. The van der Waals surface area contributed by atoms with Gasteiger partial charge in [-0.05, 0) is 36.4 Å². The van der Waals surface area contributed by atoms with Crippen LogP contribution in [-0.4, -0.2) is 14.8 Å². The van der Waals surface area contributed by atoms with E-state index in [1.165, 1.54) is 11.8 Å². The molecule has 2 rings (SSSR count). The zero-order valence-corrected chi connectivity index (χ0v) is 12.2. The first-order valence-corrected chi connectivity index (χ1v) is 7.11. The molecule has 1 aromatic heterocycles. The molecule has 0 aliphatic rings. The van der Waals surface area contributed by atoms with Crippen molar-refractivity contribution in [2.75, 3.05) is 5.73 Å². The molecule has 18 heavy (non-hydrogen) atoms. The van der Waals surface area contributed by atoms with Gasteiger partial charge in [0, 0.05) is 21.6 Å². The van der Waals surface area contributed by atoms with Gasteiger partial charge in [0.2, 0.25) is 0 Å². The Labute approximate surface area is 117 Å². The van der Waals surface area contributed by atoms with Crippen LogP contribution < -0.4 is 11.4 Å². The number of benzene rings is 1. The van der Waals surface area contributed by atoms with Crippen LogP contribution in [0.3, 0.4) is 0 Å². The van der Waals surface area contributed by atoms with Gasteiger partial charge in [0.15, 0.2) is 5.16 Å². The molecule has 0 radical (unpaired) electrons. The van der Waals surface area contributed by atoms with Crippen LogP contribution in [0.4, 0.5) is 5.69 Å². The molecule has 0 atom stereocenters. The number of rotatable bonds is 4. The van der Waals surface area contributed by atoms with Gasteiger partial charge in [0.25, 0.3) is 0 Å². The van der Waals surface area contributed by atoms with Gasteiger partial charge in [-0.25, -0.2) is 9.89 Å². The third-order valence-electron chi connectivity index (χ3n) is 2.35. The highest BCUT2D eigenvalue weighted by molar-refractivity contribution is 9.10. The third kappa shape index (κ3) is 2.78.